The molecule has 19 heteroatoms. The highest BCUT2D eigenvalue weighted by atomic mass is 32.2. The Morgan fingerprint density at radius 3 is 2.09 bits per heavy atom. The molecule has 0 unspecified atom stereocenters. The number of carboxylic acids is 1. The molecule has 1 saturated heterocycles. The van der Waals surface area contributed by atoms with E-state index >= 15 is 0 Å². The number of halogens is 3. The van der Waals surface area contributed by atoms with Crippen LogP contribution in [-0.4, -0.2) is 112 Å². The summed E-state index contributed by atoms with van der Waals surface area (Å²) in [6.07, 6.45) is -0.844. The molecule has 2 heterocycles. The first-order valence-electron chi connectivity index (χ1n) is 13.9. The first-order valence-corrected chi connectivity index (χ1v) is 15.3. The molecule has 15 nitrogen and oxygen atoms in total. The van der Waals surface area contributed by atoms with E-state index in [-0.39, 0.29) is 57.4 Å². The third kappa shape index (κ3) is 11.8. The molecule has 1 aromatic carbocycles. The van der Waals surface area contributed by atoms with Crippen LogP contribution in [0, 0.1) is 0 Å². The van der Waals surface area contributed by atoms with Gasteiger partial charge in [-0.25, -0.2) is 14.8 Å². The number of carbonyl (C=O) groups is 4. The summed E-state index contributed by atoms with van der Waals surface area (Å²) >= 11 is 0. The van der Waals surface area contributed by atoms with Crippen molar-refractivity contribution in [3.8, 4) is 11.4 Å². The second kappa shape index (κ2) is 16.7. The SMILES string of the molecule is CCOC(=O)N1CCN(C(=O)[C@H](CCC(=O)O)NC(=O)c2cc(NC(C)C)nc(-c3ccccc3)n2)CC1.O=S(=O)(O)C(F)(F)F. The van der Waals surface area contributed by atoms with Crippen LogP contribution in [-0.2, 0) is 24.4 Å². The number of carbonyl (C=O) groups excluding carboxylic acids is 3. The van der Waals surface area contributed by atoms with E-state index in [4.69, 9.17) is 17.7 Å². The van der Waals surface area contributed by atoms with Gasteiger partial charge in [0, 0.05) is 50.3 Å². The summed E-state index contributed by atoms with van der Waals surface area (Å²) < 4.78 is 62.6. The molecule has 0 bridgehead atoms. The molecular formula is C27H35F3N6O9S. The van der Waals surface area contributed by atoms with E-state index in [0.717, 1.165) is 0 Å². The largest absolute Gasteiger partial charge is 0.522 e. The number of ether oxygens (including phenoxy) is 1. The molecule has 1 aromatic heterocycles. The van der Waals surface area contributed by atoms with E-state index in [0.29, 0.717) is 17.2 Å². The van der Waals surface area contributed by atoms with Crippen LogP contribution < -0.4 is 10.6 Å². The zero-order valence-electron chi connectivity index (χ0n) is 25.2. The van der Waals surface area contributed by atoms with Crippen LogP contribution in [0.25, 0.3) is 11.4 Å². The van der Waals surface area contributed by atoms with Crippen molar-refractivity contribution in [2.24, 2.45) is 0 Å². The average Bonchev–Trinajstić information content (AvgIpc) is 2.98. The summed E-state index contributed by atoms with van der Waals surface area (Å²) in [6, 6.07) is 9.65. The van der Waals surface area contributed by atoms with Crippen LogP contribution in [0.15, 0.2) is 36.4 Å². The van der Waals surface area contributed by atoms with Crippen molar-refractivity contribution in [1.82, 2.24) is 25.1 Å². The van der Waals surface area contributed by atoms with Gasteiger partial charge in [0.05, 0.1) is 6.61 Å². The van der Waals surface area contributed by atoms with Gasteiger partial charge in [-0.15, -0.1) is 0 Å². The number of alkyl halides is 3. The summed E-state index contributed by atoms with van der Waals surface area (Å²) in [5, 5.41) is 15.1. The molecule has 3 rings (SSSR count). The Hall–Kier alpha value is -4.52. The van der Waals surface area contributed by atoms with Gasteiger partial charge < -0.3 is 30.3 Å². The highest BCUT2D eigenvalue weighted by Gasteiger charge is 2.44. The Kier molecular flexibility index (Phi) is 13.7. The van der Waals surface area contributed by atoms with Crippen molar-refractivity contribution >= 4 is 39.8 Å². The number of nitrogens with zero attached hydrogens (tertiary/aromatic N) is 4. The fourth-order valence-corrected chi connectivity index (χ4v) is 3.95. The first kappa shape index (κ1) is 37.7. The number of hydrogen-bond acceptors (Lipinski definition) is 10. The minimum Gasteiger partial charge on any atom is -0.481 e. The Morgan fingerprint density at radius 2 is 1.59 bits per heavy atom. The maximum absolute atomic E-state index is 13.3. The molecule has 1 aliphatic heterocycles. The first-order chi connectivity index (χ1) is 21.4. The molecule has 1 aliphatic rings. The van der Waals surface area contributed by atoms with Crippen molar-refractivity contribution in [3.63, 3.8) is 0 Å². The van der Waals surface area contributed by atoms with Crippen molar-refractivity contribution < 1.29 is 55.2 Å². The Balaban J connectivity index is 0.000000812. The molecule has 1 fully saturated rings. The van der Waals surface area contributed by atoms with Gasteiger partial charge in [0.25, 0.3) is 5.91 Å². The quantitative estimate of drug-likeness (QED) is 0.212. The predicted octanol–water partition coefficient (Wildman–Crippen LogP) is 2.62. The predicted molar refractivity (Wildman–Crippen MR) is 157 cm³/mol. The molecule has 0 spiro atoms. The van der Waals surface area contributed by atoms with Crippen molar-refractivity contribution in [3.05, 3.63) is 42.1 Å². The van der Waals surface area contributed by atoms with E-state index < -0.39 is 45.5 Å². The lowest BCUT2D eigenvalue weighted by atomic mass is 10.1. The van der Waals surface area contributed by atoms with Gasteiger partial charge >= 0.3 is 27.7 Å². The Bertz CT molecular complexity index is 1470. The molecule has 254 valence electrons. The summed E-state index contributed by atoms with van der Waals surface area (Å²) in [4.78, 5) is 61.8. The second-order valence-corrected chi connectivity index (χ2v) is 11.4. The lowest BCUT2D eigenvalue weighted by molar-refractivity contribution is -0.138. The van der Waals surface area contributed by atoms with E-state index in [1.54, 1.807) is 6.92 Å². The van der Waals surface area contributed by atoms with Crippen LogP contribution in [0.4, 0.5) is 23.8 Å². The van der Waals surface area contributed by atoms with Crippen LogP contribution in [0.5, 0.6) is 0 Å². The minimum atomic E-state index is -5.84. The molecule has 0 saturated carbocycles. The third-order valence-electron chi connectivity index (χ3n) is 6.09. The normalized spacial score (nSPS) is 14.1. The van der Waals surface area contributed by atoms with E-state index in [1.807, 2.05) is 44.2 Å². The van der Waals surface area contributed by atoms with E-state index in [9.17, 15) is 37.5 Å². The highest BCUT2D eigenvalue weighted by molar-refractivity contribution is 7.86. The third-order valence-corrected chi connectivity index (χ3v) is 6.67. The maximum Gasteiger partial charge on any atom is 0.522 e. The van der Waals surface area contributed by atoms with Gasteiger partial charge in [-0.05, 0) is 27.2 Å². The summed E-state index contributed by atoms with van der Waals surface area (Å²) in [5.41, 5.74) is -4.78. The van der Waals surface area contributed by atoms with E-state index in [1.165, 1.54) is 15.9 Å². The number of piperazine rings is 1. The molecule has 46 heavy (non-hydrogen) atoms. The molecule has 3 amide bonds. The van der Waals surface area contributed by atoms with Gasteiger partial charge in [-0.2, -0.15) is 21.6 Å². The fourth-order valence-electron chi connectivity index (χ4n) is 3.95. The van der Waals surface area contributed by atoms with Crippen LogP contribution in [0.3, 0.4) is 0 Å². The van der Waals surface area contributed by atoms with Gasteiger partial charge in [0.15, 0.2) is 5.82 Å². The minimum absolute atomic E-state index is 0.0438. The number of aliphatic carboxylic acids is 1. The Morgan fingerprint density at radius 1 is 1.02 bits per heavy atom. The monoisotopic (exact) mass is 676 g/mol. The number of carboxylic acid groups (broad SMARTS) is 1. The standard InChI is InChI=1S/C26H34N6O6.CHF3O3S/c1-4-38-26(37)32-14-12-31(13-15-32)25(36)19(10-11-22(33)34)29-24(35)20-16-21(27-17(2)3)30-23(28-20)18-8-6-5-7-9-18;2-1(3,4)8(5,6)7/h5-9,16-17,19H,4,10-15H2,1-3H3,(H,29,35)(H,33,34)(H,27,28,30);(H,5,6,7)/t19-;/m0./s1. The van der Waals surface area contributed by atoms with Crippen molar-refractivity contribution in [2.45, 2.75) is 51.2 Å². The van der Waals surface area contributed by atoms with Crippen molar-refractivity contribution in [2.75, 3.05) is 38.1 Å². The van der Waals surface area contributed by atoms with E-state index in [2.05, 4.69) is 20.6 Å². The summed E-state index contributed by atoms with van der Waals surface area (Å²) in [6.45, 7) is 6.89. The van der Waals surface area contributed by atoms with Crippen LogP contribution >= 0.6 is 0 Å². The molecule has 2 aromatic rings. The smallest absolute Gasteiger partial charge is 0.481 e. The molecule has 4 N–H and O–H groups in total. The number of rotatable bonds is 10. The van der Waals surface area contributed by atoms with Gasteiger partial charge in [0.2, 0.25) is 5.91 Å². The summed E-state index contributed by atoms with van der Waals surface area (Å²) in [7, 11) is -5.84. The lowest BCUT2D eigenvalue weighted by Crippen LogP contribution is -2.56. The molecule has 0 radical (unpaired) electrons. The van der Waals surface area contributed by atoms with Crippen molar-refractivity contribution in [1.29, 1.82) is 0 Å². The number of anilines is 1. The zero-order chi connectivity index (χ0) is 34.7. The molecular weight excluding hydrogens is 641 g/mol. The fraction of sp³-hybridized carbons (Fsp3) is 0.481. The average molecular weight is 677 g/mol. The van der Waals surface area contributed by atoms with Crippen LogP contribution in [0.1, 0.15) is 44.1 Å². The summed E-state index contributed by atoms with van der Waals surface area (Å²) in [5.74, 6) is -1.33. The number of benzene rings is 1. The van der Waals surface area contributed by atoms with Crippen LogP contribution in [0.2, 0.25) is 0 Å². The number of nitrogens with one attached hydrogen (secondary N) is 2. The Labute approximate surface area is 262 Å². The lowest BCUT2D eigenvalue weighted by Gasteiger charge is -2.35. The number of aromatic nitrogens is 2. The molecule has 1 atom stereocenters. The van der Waals surface area contributed by atoms with Gasteiger partial charge in [-0.3, -0.25) is 18.9 Å². The van der Waals surface area contributed by atoms with Gasteiger partial charge in [-0.1, -0.05) is 30.3 Å². The topological polar surface area (TPSA) is 208 Å². The number of amides is 3. The highest BCUT2D eigenvalue weighted by Crippen LogP contribution is 2.21. The van der Waals surface area contributed by atoms with Gasteiger partial charge in [0.1, 0.15) is 17.6 Å². The number of hydrogen-bond donors (Lipinski definition) is 4. The molecule has 0 aliphatic carbocycles. The second-order valence-electron chi connectivity index (χ2n) is 10.0. The maximum atomic E-state index is 13.3. The zero-order valence-corrected chi connectivity index (χ0v) is 26.0.